The number of aromatic nitrogens is 2. The monoisotopic (exact) mass is 368 g/mol. The lowest BCUT2D eigenvalue weighted by Crippen LogP contribution is -2.46. The van der Waals surface area contributed by atoms with E-state index < -0.39 is 24.0 Å². The van der Waals surface area contributed by atoms with Gasteiger partial charge in [0.25, 0.3) is 5.91 Å². The number of carbonyl (C=O) groups is 3. The molecular formula is C17H28N4O5. The fourth-order valence-electron chi connectivity index (χ4n) is 1.87. The van der Waals surface area contributed by atoms with Crippen LogP contribution in [0.4, 0.5) is 4.79 Å². The first kappa shape index (κ1) is 21.6. The van der Waals surface area contributed by atoms with Gasteiger partial charge in [-0.1, -0.05) is 25.9 Å². The predicted molar refractivity (Wildman–Crippen MR) is 93.3 cm³/mol. The highest BCUT2D eigenvalue weighted by atomic mass is 16.5. The molecule has 3 amide bonds. The van der Waals surface area contributed by atoms with Crippen LogP contribution >= 0.6 is 0 Å². The number of amides is 3. The molecule has 0 aromatic carbocycles. The number of rotatable bonds is 7. The number of imide groups is 1. The molecule has 0 bridgehead atoms. The number of nitrogens with zero attached hydrogens (tertiary/aromatic N) is 2. The zero-order valence-corrected chi connectivity index (χ0v) is 16.2. The minimum absolute atomic E-state index is 0.100. The first-order chi connectivity index (χ1) is 12.0. The number of ether oxygens (including phenoxy) is 1. The van der Waals surface area contributed by atoms with Gasteiger partial charge in [0.2, 0.25) is 5.89 Å². The van der Waals surface area contributed by atoms with Crippen molar-refractivity contribution >= 4 is 17.9 Å². The van der Waals surface area contributed by atoms with E-state index in [4.69, 9.17) is 9.26 Å². The summed E-state index contributed by atoms with van der Waals surface area (Å²) >= 11 is 0. The second kappa shape index (κ2) is 9.30. The molecular weight excluding hydrogens is 340 g/mol. The Hall–Kier alpha value is -2.45. The van der Waals surface area contributed by atoms with E-state index in [1.807, 2.05) is 20.8 Å². The van der Waals surface area contributed by atoms with Crippen molar-refractivity contribution in [3.05, 3.63) is 11.7 Å². The predicted octanol–water partition coefficient (Wildman–Crippen LogP) is 1.86. The highest BCUT2D eigenvalue weighted by Gasteiger charge is 2.22. The van der Waals surface area contributed by atoms with E-state index in [9.17, 15) is 14.4 Å². The van der Waals surface area contributed by atoms with Gasteiger partial charge in [-0.05, 0) is 27.2 Å². The van der Waals surface area contributed by atoms with Crippen molar-refractivity contribution in [1.82, 2.24) is 20.8 Å². The van der Waals surface area contributed by atoms with E-state index in [1.165, 1.54) is 6.92 Å². The smallest absolute Gasteiger partial charge is 0.321 e. The molecule has 0 fully saturated rings. The number of carbonyl (C=O) groups excluding carboxylic acids is 3. The molecule has 0 aliphatic rings. The first-order valence-corrected chi connectivity index (χ1v) is 8.63. The van der Waals surface area contributed by atoms with E-state index in [-0.39, 0.29) is 17.9 Å². The van der Waals surface area contributed by atoms with Crippen LogP contribution in [0.1, 0.15) is 66.1 Å². The Labute approximate surface area is 153 Å². The van der Waals surface area contributed by atoms with Gasteiger partial charge in [-0.2, -0.15) is 4.98 Å². The number of hydrogen-bond donors (Lipinski definition) is 2. The quantitative estimate of drug-likeness (QED) is 0.704. The summed E-state index contributed by atoms with van der Waals surface area (Å²) in [7, 11) is 0. The molecule has 1 heterocycles. The molecule has 9 heteroatoms. The van der Waals surface area contributed by atoms with E-state index >= 15 is 0 Å². The van der Waals surface area contributed by atoms with E-state index in [1.54, 1.807) is 13.8 Å². The van der Waals surface area contributed by atoms with Gasteiger partial charge in [0, 0.05) is 24.3 Å². The zero-order valence-electron chi connectivity index (χ0n) is 16.2. The summed E-state index contributed by atoms with van der Waals surface area (Å²) in [6.07, 6.45) is -0.0675. The first-order valence-electron chi connectivity index (χ1n) is 8.63. The van der Waals surface area contributed by atoms with Crippen molar-refractivity contribution in [2.45, 2.75) is 78.4 Å². The van der Waals surface area contributed by atoms with Gasteiger partial charge >= 0.3 is 12.0 Å². The Morgan fingerprint density at radius 2 is 1.85 bits per heavy atom. The third-order valence-corrected chi connectivity index (χ3v) is 3.24. The molecule has 0 saturated carbocycles. The molecule has 1 atom stereocenters. The van der Waals surface area contributed by atoms with Crippen LogP contribution in [0.25, 0.3) is 0 Å². The Morgan fingerprint density at radius 1 is 1.19 bits per heavy atom. The van der Waals surface area contributed by atoms with Crippen LogP contribution in [-0.2, 0) is 26.2 Å². The van der Waals surface area contributed by atoms with Crippen molar-refractivity contribution in [1.29, 1.82) is 0 Å². The largest absolute Gasteiger partial charge is 0.453 e. The maximum atomic E-state index is 11.8. The molecule has 1 aromatic heterocycles. The van der Waals surface area contributed by atoms with Crippen LogP contribution in [0.2, 0.25) is 0 Å². The normalized spacial score (nSPS) is 12.6. The number of esters is 1. The summed E-state index contributed by atoms with van der Waals surface area (Å²) in [5.41, 5.74) is -0.203. The number of hydrogen-bond acceptors (Lipinski definition) is 7. The minimum Gasteiger partial charge on any atom is -0.453 e. The number of aryl methyl sites for hydroxylation is 1. The van der Waals surface area contributed by atoms with E-state index in [0.717, 1.165) is 0 Å². The average molecular weight is 368 g/mol. The number of urea groups is 1. The molecule has 0 spiro atoms. The Bertz CT molecular complexity index is 633. The standard InChI is InChI=1S/C17H28N4O5/c1-10(2)18-16(24)20-14(23)11(3)25-13(22)9-7-8-12-19-15(21-26-12)17(4,5)6/h10-11H,7-9H2,1-6H3,(H2,18,20,23,24). The lowest BCUT2D eigenvalue weighted by atomic mass is 9.96. The second-order valence-electron chi connectivity index (χ2n) is 7.36. The van der Waals surface area contributed by atoms with Crippen molar-refractivity contribution in [2.75, 3.05) is 0 Å². The molecule has 0 aliphatic heterocycles. The fraction of sp³-hybridized carbons (Fsp3) is 0.706. The van der Waals surface area contributed by atoms with Gasteiger partial charge < -0.3 is 14.6 Å². The lowest BCUT2D eigenvalue weighted by Gasteiger charge is -2.14. The third-order valence-electron chi connectivity index (χ3n) is 3.24. The van der Waals surface area contributed by atoms with Gasteiger partial charge in [-0.15, -0.1) is 0 Å². The fourth-order valence-corrected chi connectivity index (χ4v) is 1.87. The molecule has 146 valence electrons. The molecule has 1 aromatic rings. The van der Waals surface area contributed by atoms with Gasteiger partial charge in [-0.3, -0.25) is 14.9 Å². The summed E-state index contributed by atoms with van der Waals surface area (Å²) in [5, 5.41) is 8.54. The van der Waals surface area contributed by atoms with Crippen molar-refractivity contribution < 1.29 is 23.6 Å². The highest BCUT2D eigenvalue weighted by Crippen LogP contribution is 2.19. The Kier molecular flexibility index (Phi) is 7.73. The summed E-state index contributed by atoms with van der Waals surface area (Å²) in [6, 6.07) is -0.733. The SMILES string of the molecule is CC(C)NC(=O)NC(=O)C(C)OC(=O)CCCc1nc(C(C)(C)C)no1. The van der Waals surface area contributed by atoms with Gasteiger partial charge in [-0.25, -0.2) is 4.79 Å². The van der Waals surface area contributed by atoms with Crippen LogP contribution in [0, 0.1) is 0 Å². The van der Waals surface area contributed by atoms with E-state index in [0.29, 0.717) is 24.6 Å². The average Bonchev–Trinajstić information content (AvgIpc) is 2.95. The maximum Gasteiger partial charge on any atom is 0.321 e. The molecule has 1 rings (SSSR count). The summed E-state index contributed by atoms with van der Waals surface area (Å²) in [6.45, 7) is 10.9. The van der Waals surface area contributed by atoms with Gasteiger partial charge in [0.05, 0.1) is 0 Å². The van der Waals surface area contributed by atoms with Crippen LogP contribution in [0.3, 0.4) is 0 Å². The molecule has 0 saturated heterocycles. The molecule has 1 unspecified atom stereocenters. The topological polar surface area (TPSA) is 123 Å². The Morgan fingerprint density at radius 3 is 2.38 bits per heavy atom. The summed E-state index contributed by atoms with van der Waals surface area (Å²) in [5.74, 6) is -0.144. The van der Waals surface area contributed by atoms with Gasteiger partial charge in [0.1, 0.15) is 0 Å². The molecule has 0 aliphatic carbocycles. The van der Waals surface area contributed by atoms with Gasteiger partial charge in [0.15, 0.2) is 11.9 Å². The summed E-state index contributed by atoms with van der Waals surface area (Å²) in [4.78, 5) is 39.3. The lowest BCUT2D eigenvalue weighted by molar-refractivity contribution is -0.154. The molecule has 2 N–H and O–H groups in total. The second-order valence-corrected chi connectivity index (χ2v) is 7.36. The van der Waals surface area contributed by atoms with Crippen LogP contribution < -0.4 is 10.6 Å². The van der Waals surface area contributed by atoms with Crippen LogP contribution in [-0.4, -0.2) is 40.2 Å². The maximum absolute atomic E-state index is 11.8. The Balaban J connectivity index is 2.34. The number of nitrogens with one attached hydrogen (secondary N) is 2. The van der Waals surface area contributed by atoms with Crippen molar-refractivity contribution in [2.24, 2.45) is 0 Å². The van der Waals surface area contributed by atoms with Crippen LogP contribution in [0.15, 0.2) is 4.52 Å². The zero-order chi connectivity index (χ0) is 19.9. The van der Waals surface area contributed by atoms with Crippen LogP contribution in [0.5, 0.6) is 0 Å². The molecule has 0 radical (unpaired) electrons. The summed E-state index contributed by atoms with van der Waals surface area (Å²) < 4.78 is 10.2. The van der Waals surface area contributed by atoms with Crippen molar-refractivity contribution in [3.63, 3.8) is 0 Å². The minimum atomic E-state index is -1.06. The van der Waals surface area contributed by atoms with Crippen molar-refractivity contribution in [3.8, 4) is 0 Å². The molecule has 9 nitrogen and oxygen atoms in total. The highest BCUT2D eigenvalue weighted by molar-refractivity contribution is 5.97. The third kappa shape index (κ3) is 7.62. The molecule has 26 heavy (non-hydrogen) atoms. The van der Waals surface area contributed by atoms with E-state index in [2.05, 4.69) is 20.8 Å².